The fraction of sp³-hybridized carbons (Fsp3) is 0.500. The van der Waals surface area contributed by atoms with Crippen molar-refractivity contribution in [3.63, 3.8) is 0 Å². The van der Waals surface area contributed by atoms with E-state index in [2.05, 4.69) is 9.97 Å². The zero-order valence-electron chi connectivity index (χ0n) is 10.5. The van der Waals surface area contributed by atoms with E-state index in [4.69, 9.17) is 9.47 Å². The third-order valence-electron chi connectivity index (χ3n) is 3.28. The number of amides is 2. The van der Waals surface area contributed by atoms with Crippen molar-refractivity contribution in [2.75, 3.05) is 19.8 Å². The van der Waals surface area contributed by atoms with E-state index in [9.17, 15) is 9.59 Å². The predicted molar refractivity (Wildman–Crippen MR) is 62.3 cm³/mol. The number of ether oxygens (including phenoxy) is 2. The molecule has 0 aromatic carbocycles. The third-order valence-corrected chi connectivity index (χ3v) is 3.28. The molecule has 1 aromatic rings. The Hall–Kier alpha value is -1.86. The fourth-order valence-electron chi connectivity index (χ4n) is 2.22. The van der Waals surface area contributed by atoms with Gasteiger partial charge >= 0.3 is 0 Å². The van der Waals surface area contributed by atoms with Crippen molar-refractivity contribution in [3.05, 3.63) is 23.8 Å². The van der Waals surface area contributed by atoms with Crippen LogP contribution in [0, 0.1) is 0 Å². The second-order valence-electron chi connectivity index (χ2n) is 4.60. The Morgan fingerprint density at radius 1 is 1.16 bits per heavy atom. The normalized spacial score (nSPS) is 21.0. The van der Waals surface area contributed by atoms with Gasteiger partial charge in [-0.25, -0.2) is 9.97 Å². The molecule has 0 N–H and O–H groups in total. The molecule has 3 rings (SSSR count). The van der Waals surface area contributed by atoms with Crippen LogP contribution in [0.15, 0.2) is 12.4 Å². The number of hydrogen-bond donors (Lipinski definition) is 0. The lowest BCUT2D eigenvalue weighted by Crippen LogP contribution is -2.37. The number of carbonyl (C=O) groups is 2. The van der Waals surface area contributed by atoms with Gasteiger partial charge in [-0.3, -0.25) is 14.5 Å². The van der Waals surface area contributed by atoms with Gasteiger partial charge in [0.2, 0.25) is 0 Å². The van der Waals surface area contributed by atoms with E-state index in [0.29, 0.717) is 19.6 Å². The van der Waals surface area contributed by atoms with Gasteiger partial charge < -0.3 is 9.47 Å². The lowest BCUT2D eigenvalue weighted by atomic mass is 10.2. The molecule has 0 atom stereocenters. The second-order valence-corrected chi connectivity index (χ2v) is 4.60. The van der Waals surface area contributed by atoms with Gasteiger partial charge in [-0.2, -0.15) is 0 Å². The van der Waals surface area contributed by atoms with Gasteiger partial charge in [0.05, 0.1) is 13.2 Å². The van der Waals surface area contributed by atoms with Crippen LogP contribution in [0.25, 0.3) is 0 Å². The molecule has 3 heterocycles. The van der Waals surface area contributed by atoms with Crippen LogP contribution in [0.5, 0.6) is 0 Å². The molecule has 0 aliphatic carbocycles. The summed E-state index contributed by atoms with van der Waals surface area (Å²) in [6.45, 7) is 3.09. The van der Waals surface area contributed by atoms with Crippen molar-refractivity contribution in [1.29, 1.82) is 0 Å². The average Bonchev–Trinajstić information content (AvgIpc) is 2.94. The molecule has 0 radical (unpaired) electrons. The molecule has 1 fully saturated rings. The van der Waals surface area contributed by atoms with Crippen LogP contribution in [0.2, 0.25) is 0 Å². The van der Waals surface area contributed by atoms with Gasteiger partial charge in [0.15, 0.2) is 17.2 Å². The summed E-state index contributed by atoms with van der Waals surface area (Å²) in [6, 6.07) is 0. The van der Waals surface area contributed by atoms with Crippen LogP contribution in [0.4, 0.5) is 0 Å². The van der Waals surface area contributed by atoms with Crippen LogP contribution >= 0.6 is 0 Å². The van der Waals surface area contributed by atoms with E-state index in [1.54, 1.807) is 6.92 Å². The van der Waals surface area contributed by atoms with Crippen molar-refractivity contribution in [3.8, 4) is 0 Å². The number of hydrogen-bond acceptors (Lipinski definition) is 6. The monoisotopic (exact) mass is 263 g/mol. The molecule has 7 heteroatoms. The molecule has 100 valence electrons. The van der Waals surface area contributed by atoms with Crippen molar-refractivity contribution < 1.29 is 19.1 Å². The zero-order valence-corrected chi connectivity index (χ0v) is 10.5. The molecule has 7 nitrogen and oxygen atoms in total. The summed E-state index contributed by atoms with van der Waals surface area (Å²) in [5.74, 6) is -1.54. The van der Waals surface area contributed by atoms with E-state index in [-0.39, 0.29) is 17.9 Å². The van der Waals surface area contributed by atoms with E-state index in [0.717, 1.165) is 4.90 Å². The Balaban J connectivity index is 1.74. The van der Waals surface area contributed by atoms with Gasteiger partial charge in [0.1, 0.15) is 0 Å². The SMILES string of the molecule is CC1(CCN2C(=O)c3nccnc3C2=O)OCCO1. The largest absolute Gasteiger partial charge is 0.348 e. The quantitative estimate of drug-likeness (QED) is 0.726. The Labute approximate surface area is 109 Å². The smallest absolute Gasteiger partial charge is 0.281 e. The summed E-state index contributed by atoms with van der Waals surface area (Å²) >= 11 is 0. The van der Waals surface area contributed by atoms with Crippen LogP contribution in [0.1, 0.15) is 34.3 Å². The fourth-order valence-corrected chi connectivity index (χ4v) is 2.22. The highest BCUT2D eigenvalue weighted by atomic mass is 16.7. The summed E-state index contributed by atoms with van der Waals surface area (Å²) in [5.41, 5.74) is 0.233. The van der Waals surface area contributed by atoms with Gasteiger partial charge in [-0.1, -0.05) is 0 Å². The zero-order chi connectivity index (χ0) is 13.5. The predicted octanol–water partition coefficient (Wildman–Crippen LogP) is 0.226. The summed E-state index contributed by atoms with van der Waals surface area (Å²) in [5, 5.41) is 0. The van der Waals surface area contributed by atoms with E-state index >= 15 is 0 Å². The van der Waals surface area contributed by atoms with Gasteiger partial charge in [0.25, 0.3) is 11.8 Å². The highest BCUT2D eigenvalue weighted by Gasteiger charge is 2.40. The third kappa shape index (κ3) is 2.00. The summed E-state index contributed by atoms with van der Waals surface area (Å²) in [4.78, 5) is 33.0. The van der Waals surface area contributed by atoms with Crippen molar-refractivity contribution in [2.45, 2.75) is 19.1 Å². The van der Waals surface area contributed by atoms with E-state index < -0.39 is 17.6 Å². The molecule has 0 spiro atoms. The summed E-state index contributed by atoms with van der Waals surface area (Å²) < 4.78 is 10.9. The first-order chi connectivity index (χ1) is 9.11. The first kappa shape index (κ1) is 12.2. The van der Waals surface area contributed by atoms with E-state index in [1.165, 1.54) is 12.4 Å². The first-order valence-electron chi connectivity index (χ1n) is 6.06. The van der Waals surface area contributed by atoms with E-state index in [1.807, 2.05) is 0 Å². The molecule has 0 unspecified atom stereocenters. The number of aromatic nitrogens is 2. The molecular weight excluding hydrogens is 250 g/mol. The van der Waals surface area contributed by atoms with Gasteiger partial charge in [-0.05, 0) is 6.92 Å². The van der Waals surface area contributed by atoms with Crippen LogP contribution < -0.4 is 0 Å². The average molecular weight is 263 g/mol. The molecule has 1 saturated heterocycles. The molecule has 2 amide bonds. The first-order valence-corrected chi connectivity index (χ1v) is 6.06. The lowest BCUT2D eigenvalue weighted by molar-refractivity contribution is -0.147. The van der Waals surface area contributed by atoms with Crippen LogP contribution in [-0.2, 0) is 9.47 Å². The minimum Gasteiger partial charge on any atom is -0.348 e. The molecule has 1 aromatic heterocycles. The van der Waals surface area contributed by atoms with Crippen LogP contribution in [-0.4, -0.2) is 52.2 Å². The molecule has 2 aliphatic heterocycles. The maximum atomic E-state index is 12.0. The molecule has 2 aliphatic rings. The molecule has 0 bridgehead atoms. The maximum Gasteiger partial charge on any atom is 0.281 e. The molecule has 0 saturated carbocycles. The number of nitrogens with zero attached hydrogens (tertiary/aromatic N) is 3. The van der Waals surface area contributed by atoms with Crippen molar-refractivity contribution in [2.24, 2.45) is 0 Å². The molecule has 19 heavy (non-hydrogen) atoms. The Bertz CT molecular complexity index is 505. The Morgan fingerprint density at radius 3 is 2.21 bits per heavy atom. The number of carbonyl (C=O) groups excluding carboxylic acids is 2. The summed E-state index contributed by atoms with van der Waals surface area (Å²) in [6.07, 6.45) is 3.23. The highest BCUT2D eigenvalue weighted by molar-refractivity contribution is 6.19. The van der Waals surface area contributed by atoms with Crippen molar-refractivity contribution in [1.82, 2.24) is 14.9 Å². The highest BCUT2D eigenvalue weighted by Crippen LogP contribution is 2.25. The molecular formula is C12H13N3O4. The number of rotatable bonds is 3. The standard InChI is InChI=1S/C12H13N3O4/c1-12(18-6-7-19-12)2-5-15-10(16)8-9(11(15)17)14-4-3-13-8/h3-4H,2,5-7H2,1H3. The maximum absolute atomic E-state index is 12.0. The topological polar surface area (TPSA) is 81.6 Å². The van der Waals surface area contributed by atoms with Crippen molar-refractivity contribution >= 4 is 11.8 Å². The Kier molecular flexibility index (Phi) is 2.79. The minimum atomic E-state index is -0.726. The summed E-state index contributed by atoms with van der Waals surface area (Å²) in [7, 11) is 0. The van der Waals surface area contributed by atoms with Crippen LogP contribution in [0.3, 0.4) is 0 Å². The number of imide groups is 1. The van der Waals surface area contributed by atoms with Gasteiger partial charge in [-0.15, -0.1) is 0 Å². The lowest BCUT2D eigenvalue weighted by Gasteiger charge is -2.24. The second kappa shape index (κ2) is 4.36. The number of fused-ring (bicyclic) bond motifs is 1. The Morgan fingerprint density at radius 2 is 1.68 bits per heavy atom. The van der Waals surface area contributed by atoms with Gasteiger partial charge in [0, 0.05) is 25.4 Å². The minimum absolute atomic E-state index is 0.117.